The molecule has 1 fully saturated rings. The predicted molar refractivity (Wildman–Crippen MR) is 144 cm³/mol. The molecule has 0 amide bonds. The van der Waals surface area contributed by atoms with Crippen LogP contribution < -0.4 is 0 Å². The van der Waals surface area contributed by atoms with Gasteiger partial charge >= 0.3 is 5.97 Å². The van der Waals surface area contributed by atoms with Gasteiger partial charge in [-0.15, -0.1) is 0 Å². The van der Waals surface area contributed by atoms with E-state index in [2.05, 4.69) is 103 Å². The Kier molecular flexibility index (Phi) is 7.44. The summed E-state index contributed by atoms with van der Waals surface area (Å²) in [7, 11) is 0. The first-order valence-electron chi connectivity index (χ1n) is 12.6. The first-order chi connectivity index (χ1) is 16.6. The molecule has 4 nitrogen and oxygen atoms in total. The minimum atomic E-state index is -0.732. The van der Waals surface area contributed by atoms with Gasteiger partial charge in [0.1, 0.15) is 6.04 Å². The number of aliphatic carboxylic acids is 1. The van der Waals surface area contributed by atoms with Gasteiger partial charge in [0.2, 0.25) is 0 Å². The zero-order valence-electron chi connectivity index (χ0n) is 21.6. The number of carbonyl (C=O) groups is 1. The topological polar surface area (TPSA) is 43.8 Å². The van der Waals surface area contributed by atoms with E-state index < -0.39 is 12.0 Å². The third-order valence-electron chi connectivity index (χ3n) is 7.19. The molecular weight excluding hydrogens is 432 g/mol. The van der Waals surface area contributed by atoms with Crippen molar-refractivity contribution in [3.8, 4) is 11.1 Å². The van der Waals surface area contributed by atoms with Crippen molar-refractivity contribution < 1.29 is 9.90 Å². The van der Waals surface area contributed by atoms with E-state index in [-0.39, 0.29) is 17.5 Å². The number of benzene rings is 3. The molecule has 184 valence electrons. The molecular formula is C31H38N2O2. The standard InChI is InChI=1S/C31H38N2O2/c1-22-11-13-24(14-12-22)25-15-17-27(18-16-25)28(26-9-7-6-8-10-26)32-19-20-33(23(2)21-32)29(30(34)35)31(3,4)5/h6-18,23,28-29H,19-21H2,1-5H3,(H,34,35)/t23-,28?,29?/m1/s1. The summed E-state index contributed by atoms with van der Waals surface area (Å²) < 4.78 is 0. The highest BCUT2D eigenvalue weighted by Gasteiger charge is 2.41. The van der Waals surface area contributed by atoms with Crippen LogP contribution in [-0.4, -0.2) is 52.6 Å². The summed E-state index contributed by atoms with van der Waals surface area (Å²) in [6.45, 7) is 12.7. The van der Waals surface area contributed by atoms with Crippen molar-refractivity contribution in [3.05, 3.63) is 95.6 Å². The van der Waals surface area contributed by atoms with E-state index >= 15 is 0 Å². The molecule has 3 aromatic rings. The van der Waals surface area contributed by atoms with Gasteiger partial charge in [0.05, 0.1) is 6.04 Å². The van der Waals surface area contributed by atoms with Crippen LogP contribution in [0, 0.1) is 12.3 Å². The van der Waals surface area contributed by atoms with Crippen LogP contribution in [-0.2, 0) is 4.79 Å². The summed E-state index contributed by atoms with van der Waals surface area (Å²) >= 11 is 0. The van der Waals surface area contributed by atoms with Crippen molar-refractivity contribution in [1.82, 2.24) is 9.80 Å². The van der Waals surface area contributed by atoms with Crippen LogP contribution in [0.25, 0.3) is 11.1 Å². The Morgan fingerprint density at radius 2 is 1.40 bits per heavy atom. The lowest BCUT2D eigenvalue weighted by Gasteiger charge is -2.48. The second-order valence-electron chi connectivity index (χ2n) is 11.0. The van der Waals surface area contributed by atoms with Crippen LogP contribution >= 0.6 is 0 Å². The Morgan fingerprint density at radius 3 is 1.91 bits per heavy atom. The summed E-state index contributed by atoms with van der Waals surface area (Å²) in [6.07, 6.45) is 0. The van der Waals surface area contributed by atoms with Gasteiger partial charge in [-0.1, -0.05) is 105 Å². The minimum absolute atomic E-state index is 0.130. The Morgan fingerprint density at radius 1 is 0.857 bits per heavy atom. The molecule has 0 bridgehead atoms. The molecule has 4 heteroatoms. The van der Waals surface area contributed by atoms with Crippen LogP contribution in [0.2, 0.25) is 0 Å². The van der Waals surface area contributed by atoms with Gasteiger partial charge in [-0.25, -0.2) is 0 Å². The molecule has 0 saturated carbocycles. The van der Waals surface area contributed by atoms with Gasteiger partial charge in [0, 0.05) is 25.7 Å². The van der Waals surface area contributed by atoms with Crippen LogP contribution in [0.3, 0.4) is 0 Å². The molecule has 1 N–H and O–H groups in total. The molecule has 1 aliphatic rings. The second-order valence-corrected chi connectivity index (χ2v) is 11.0. The normalized spacial score (nSPS) is 19.3. The first-order valence-corrected chi connectivity index (χ1v) is 12.6. The van der Waals surface area contributed by atoms with Gasteiger partial charge in [0.15, 0.2) is 0 Å². The van der Waals surface area contributed by atoms with E-state index in [9.17, 15) is 9.90 Å². The van der Waals surface area contributed by atoms with Crippen molar-refractivity contribution in [1.29, 1.82) is 0 Å². The number of carboxylic acid groups (broad SMARTS) is 1. The molecule has 0 radical (unpaired) electrons. The third-order valence-corrected chi connectivity index (χ3v) is 7.19. The molecule has 2 unspecified atom stereocenters. The molecule has 4 rings (SSSR count). The Bertz CT molecular complexity index is 1120. The smallest absolute Gasteiger partial charge is 0.321 e. The zero-order valence-corrected chi connectivity index (χ0v) is 21.6. The maximum Gasteiger partial charge on any atom is 0.321 e. The monoisotopic (exact) mass is 470 g/mol. The summed E-state index contributed by atoms with van der Waals surface area (Å²) in [5.74, 6) is -0.732. The fourth-order valence-electron chi connectivity index (χ4n) is 5.48. The van der Waals surface area contributed by atoms with E-state index in [0.717, 1.165) is 19.6 Å². The maximum atomic E-state index is 12.2. The zero-order chi connectivity index (χ0) is 25.2. The lowest BCUT2D eigenvalue weighted by molar-refractivity contribution is -0.150. The van der Waals surface area contributed by atoms with Crippen LogP contribution in [0.4, 0.5) is 0 Å². The number of hydrogen-bond acceptors (Lipinski definition) is 3. The quantitative estimate of drug-likeness (QED) is 0.462. The lowest BCUT2D eigenvalue weighted by Crippen LogP contribution is -2.61. The van der Waals surface area contributed by atoms with Gasteiger partial charge in [0.25, 0.3) is 0 Å². The molecule has 0 spiro atoms. The van der Waals surface area contributed by atoms with E-state index in [0.29, 0.717) is 0 Å². The number of carboxylic acids is 1. The number of nitrogens with zero attached hydrogens (tertiary/aromatic N) is 2. The molecule has 3 atom stereocenters. The fourth-order valence-corrected chi connectivity index (χ4v) is 5.48. The van der Waals surface area contributed by atoms with Crippen molar-refractivity contribution >= 4 is 5.97 Å². The van der Waals surface area contributed by atoms with Crippen molar-refractivity contribution in [2.24, 2.45) is 5.41 Å². The minimum Gasteiger partial charge on any atom is -0.480 e. The molecule has 1 saturated heterocycles. The number of hydrogen-bond donors (Lipinski definition) is 1. The second kappa shape index (κ2) is 10.3. The third kappa shape index (κ3) is 5.66. The Balaban J connectivity index is 1.61. The largest absolute Gasteiger partial charge is 0.480 e. The fraction of sp³-hybridized carbons (Fsp3) is 0.387. The molecule has 0 aromatic heterocycles. The maximum absolute atomic E-state index is 12.2. The molecule has 0 aliphatic carbocycles. The summed E-state index contributed by atoms with van der Waals surface area (Å²) in [4.78, 5) is 16.9. The highest BCUT2D eigenvalue weighted by Crippen LogP contribution is 2.34. The van der Waals surface area contributed by atoms with Gasteiger partial charge in [-0.05, 0) is 41.5 Å². The van der Waals surface area contributed by atoms with Crippen LogP contribution in [0.5, 0.6) is 0 Å². The average molecular weight is 471 g/mol. The highest BCUT2D eigenvalue weighted by molar-refractivity contribution is 5.74. The molecule has 3 aromatic carbocycles. The SMILES string of the molecule is Cc1ccc(-c2ccc(C(c3ccccc3)N3CCN(C(C(=O)O)C(C)(C)C)[C@H](C)C3)cc2)cc1. The number of aryl methyl sites for hydroxylation is 1. The van der Waals surface area contributed by atoms with Gasteiger partial charge in [-0.3, -0.25) is 14.6 Å². The summed E-state index contributed by atoms with van der Waals surface area (Å²) in [5, 5.41) is 9.99. The Labute approximate surface area is 210 Å². The molecule has 35 heavy (non-hydrogen) atoms. The van der Waals surface area contributed by atoms with Crippen molar-refractivity contribution in [3.63, 3.8) is 0 Å². The first kappa shape index (κ1) is 25.2. The van der Waals surface area contributed by atoms with E-state index in [4.69, 9.17) is 0 Å². The molecule has 1 aliphatic heterocycles. The lowest BCUT2D eigenvalue weighted by atomic mass is 9.84. The number of rotatable bonds is 6. The van der Waals surface area contributed by atoms with Crippen molar-refractivity contribution in [2.75, 3.05) is 19.6 Å². The Hall–Kier alpha value is -2.95. The highest BCUT2D eigenvalue weighted by atomic mass is 16.4. The predicted octanol–water partition coefficient (Wildman–Crippen LogP) is 6.26. The summed E-state index contributed by atoms with van der Waals surface area (Å²) in [5.41, 5.74) is 5.91. The number of piperazine rings is 1. The van der Waals surface area contributed by atoms with Crippen LogP contribution in [0.15, 0.2) is 78.9 Å². The van der Waals surface area contributed by atoms with Gasteiger partial charge < -0.3 is 5.11 Å². The average Bonchev–Trinajstić information content (AvgIpc) is 2.81. The van der Waals surface area contributed by atoms with Crippen LogP contribution in [0.1, 0.15) is 50.4 Å². The molecule has 1 heterocycles. The van der Waals surface area contributed by atoms with Gasteiger partial charge in [-0.2, -0.15) is 0 Å². The van der Waals surface area contributed by atoms with E-state index in [1.165, 1.54) is 27.8 Å². The van der Waals surface area contributed by atoms with E-state index in [1.807, 2.05) is 20.8 Å². The van der Waals surface area contributed by atoms with E-state index in [1.54, 1.807) is 0 Å². The summed E-state index contributed by atoms with van der Waals surface area (Å²) in [6, 6.07) is 28.0. The van der Waals surface area contributed by atoms with Crippen molar-refractivity contribution in [2.45, 2.75) is 52.7 Å².